The van der Waals surface area contributed by atoms with Gasteiger partial charge in [0.2, 0.25) is 0 Å². The van der Waals surface area contributed by atoms with Crippen LogP contribution in [0.1, 0.15) is 22.8 Å². The number of halogens is 1. The van der Waals surface area contributed by atoms with E-state index in [9.17, 15) is 19.1 Å². The van der Waals surface area contributed by atoms with Crippen LogP contribution in [-0.4, -0.2) is 23.5 Å². The van der Waals surface area contributed by atoms with E-state index in [1.807, 2.05) is 19.1 Å². The van der Waals surface area contributed by atoms with Crippen molar-refractivity contribution in [3.63, 3.8) is 0 Å². The molecule has 2 amide bonds. The summed E-state index contributed by atoms with van der Waals surface area (Å²) in [6, 6.07) is 12.9. The molecule has 0 saturated heterocycles. The second kappa shape index (κ2) is 8.21. The molecule has 0 aliphatic rings. The molecule has 2 aromatic carbocycles. The van der Waals surface area contributed by atoms with E-state index < -0.39 is 17.9 Å². The van der Waals surface area contributed by atoms with Gasteiger partial charge < -0.3 is 15.7 Å². The summed E-state index contributed by atoms with van der Waals surface area (Å²) in [6.45, 7) is 1.91. The third-order valence-electron chi connectivity index (χ3n) is 3.58. The Labute approximate surface area is 139 Å². The third-order valence-corrected chi connectivity index (χ3v) is 3.58. The molecule has 2 rings (SSSR count). The van der Waals surface area contributed by atoms with Crippen LogP contribution in [0.3, 0.4) is 0 Å². The first-order chi connectivity index (χ1) is 11.5. The van der Waals surface area contributed by atoms with Gasteiger partial charge in [-0.3, -0.25) is 9.59 Å². The molecule has 1 atom stereocenters. The Balaban J connectivity index is 1.80. The molecule has 0 aromatic heterocycles. The maximum atomic E-state index is 12.8. The molecule has 0 bridgehead atoms. The quantitative estimate of drug-likeness (QED) is 0.729. The van der Waals surface area contributed by atoms with Crippen LogP contribution in [0.25, 0.3) is 0 Å². The van der Waals surface area contributed by atoms with Gasteiger partial charge in [0.15, 0.2) is 0 Å². The van der Waals surface area contributed by atoms with E-state index in [1.54, 1.807) is 12.1 Å². The molecule has 0 aliphatic heterocycles. The standard InChI is InChI=1S/C18H19FN2O3/c1-12-4-2-3-5-15(12)16(22)11-21-18(24)17(23)20-10-13-6-8-14(19)9-7-13/h2-9,16,22H,10-11H2,1H3,(H,20,23)(H,21,24). The van der Waals surface area contributed by atoms with Crippen LogP contribution in [0, 0.1) is 12.7 Å². The van der Waals surface area contributed by atoms with Crippen LogP contribution < -0.4 is 10.6 Å². The number of carbonyl (C=O) groups excluding carboxylic acids is 2. The summed E-state index contributed by atoms with van der Waals surface area (Å²) in [6.07, 6.45) is -0.889. The number of amides is 2. The summed E-state index contributed by atoms with van der Waals surface area (Å²) in [7, 11) is 0. The lowest BCUT2D eigenvalue weighted by Gasteiger charge is -2.14. The van der Waals surface area contributed by atoms with Crippen LogP contribution >= 0.6 is 0 Å². The lowest BCUT2D eigenvalue weighted by atomic mass is 10.0. The highest BCUT2D eigenvalue weighted by Crippen LogP contribution is 2.16. The number of nitrogens with one attached hydrogen (secondary N) is 2. The number of carbonyl (C=O) groups is 2. The Hall–Kier alpha value is -2.73. The van der Waals surface area contributed by atoms with Gasteiger partial charge in [0.1, 0.15) is 5.82 Å². The van der Waals surface area contributed by atoms with Crippen molar-refractivity contribution in [3.05, 3.63) is 71.0 Å². The first kappa shape index (κ1) is 17.6. The molecule has 126 valence electrons. The molecule has 0 aliphatic carbocycles. The Kier molecular flexibility index (Phi) is 6.03. The molecule has 0 radical (unpaired) electrons. The Morgan fingerprint density at radius 3 is 2.33 bits per heavy atom. The van der Waals surface area contributed by atoms with Gasteiger partial charge in [-0.25, -0.2) is 4.39 Å². The van der Waals surface area contributed by atoms with Crippen molar-refractivity contribution >= 4 is 11.8 Å². The van der Waals surface area contributed by atoms with E-state index in [0.717, 1.165) is 5.56 Å². The van der Waals surface area contributed by atoms with Gasteiger partial charge in [0, 0.05) is 13.1 Å². The summed E-state index contributed by atoms with van der Waals surface area (Å²) >= 11 is 0. The van der Waals surface area contributed by atoms with E-state index in [2.05, 4.69) is 10.6 Å². The molecule has 24 heavy (non-hydrogen) atoms. The molecular formula is C18H19FN2O3. The highest BCUT2D eigenvalue weighted by molar-refractivity contribution is 6.35. The topological polar surface area (TPSA) is 78.4 Å². The first-order valence-corrected chi connectivity index (χ1v) is 7.51. The highest BCUT2D eigenvalue weighted by Gasteiger charge is 2.16. The molecule has 0 spiro atoms. The van der Waals surface area contributed by atoms with Crippen molar-refractivity contribution in [1.82, 2.24) is 10.6 Å². The number of hydrogen-bond donors (Lipinski definition) is 3. The van der Waals surface area contributed by atoms with Gasteiger partial charge in [0.25, 0.3) is 0 Å². The molecule has 3 N–H and O–H groups in total. The largest absolute Gasteiger partial charge is 0.387 e. The smallest absolute Gasteiger partial charge is 0.309 e. The van der Waals surface area contributed by atoms with Crippen molar-refractivity contribution in [1.29, 1.82) is 0 Å². The number of hydrogen-bond acceptors (Lipinski definition) is 3. The lowest BCUT2D eigenvalue weighted by molar-refractivity contribution is -0.139. The van der Waals surface area contributed by atoms with Crippen LogP contribution in [0.15, 0.2) is 48.5 Å². The molecule has 6 heteroatoms. The fourth-order valence-corrected chi connectivity index (χ4v) is 2.21. The average molecular weight is 330 g/mol. The van der Waals surface area contributed by atoms with Crippen molar-refractivity contribution in [2.24, 2.45) is 0 Å². The number of rotatable bonds is 5. The zero-order valence-corrected chi connectivity index (χ0v) is 13.3. The maximum Gasteiger partial charge on any atom is 0.309 e. The van der Waals surface area contributed by atoms with Crippen molar-refractivity contribution in [3.8, 4) is 0 Å². The second-order valence-corrected chi connectivity index (χ2v) is 5.39. The Morgan fingerprint density at radius 1 is 1.04 bits per heavy atom. The predicted molar refractivity (Wildman–Crippen MR) is 87.4 cm³/mol. The number of aliphatic hydroxyl groups excluding tert-OH is 1. The first-order valence-electron chi connectivity index (χ1n) is 7.51. The van der Waals surface area contributed by atoms with Gasteiger partial charge in [-0.05, 0) is 35.7 Å². The molecule has 0 saturated carbocycles. The molecule has 0 fully saturated rings. The number of aryl methyl sites for hydroxylation is 1. The molecule has 2 aromatic rings. The average Bonchev–Trinajstić information content (AvgIpc) is 2.59. The van der Waals surface area contributed by atoms with Gasteiger partial charge in [-0.2, -0.15) is 0 Å². The van der Waals surface area contributed by atoms with Crippen LogP contribution in [0.5, 0.6) is 0 Å². The minimum Gasteiger partial charge on any atom is -0.387 e. The van der Waals surface area contributed by atoms with Gasteiger partial charge in [-0.1, -0.05) is 36.4 Å². The van der Waals surface area contributed by atoms with E-state index in [1.165, 1.54) is 24.3 Å². The summed E-state index contributed by atoms with van der Waals surface area (Å²) in [5, 5.41) is 14.9. The SMILES string of the molecule is Cc1ccccc1C(O)CNC(=O)C(=O)NCc1ccc(F)cc1. The summed E-state index contributed by atoms with van der Waals surface area (Å²) in [5.41, 5.74) is 2.28. The third kappa shape index (κ3) is 4.89. The van der Waals surface area contributed by atoms with E-state index in [4.69, 9.17) is 0 Å². The van der Waals surface area contributed by atoms with E-state index in [0.29, 0.717) is 11.1 Å². The monoisotopic (exact) mass is 330 g/mol. The normalized spacial score (nSPS) is 11.6. The lowest BCUT2D eigenvalue weighted by Crippen LogP contribution is -2.41. The minimum absolute atomic E-state index is 0.0619. The molecule has 1 unspecified atom stereocenters. The highest BCUT2D eigenvalue weighted by atomic mass is 19.1. The molecule has 5 nitrogen and oxygen atoms in total. The summed E-state index contributed by atoms with van der Waals surface area (Å²) in [5.74, 6) is -2.01. The number of aliphatic hydroxyl groups is 1. The molecule has 0 heterocycles. The second-order valence-electron chi connectivity index (χ2n) is 5.39. The zero-order chi connectivity index (χ0) is 17.5. The van der Waals surface area contributed by atoms with Crippen molar-refractivity contribution in [2.45, 2.75) is 19.6 Å². The van der Waals surface area contributed by atoms with Gasteiger partial charge in [-0.15, -0.1) is 0 Å². The predicted octanol–water partition coefficient (Wildman–Crippen LogP) is 1.60. The molecular weight excluding hydrogens is 311 g/mol. The van der Waals surface area contributed by atoms with Crippen LogP contribution in [-0.2, 0) is 16.1 Å². The number of benzene rings is 2. The van der Waals surface area contributed by atoms with E-state index >= 15 is 0 Å². The van der Waals surface area contributed by atoms with Crippen molar-refractivity contribution < 1.29 is 19.1 Å². The fourth-order valence-electron chi connectivity index (χ4n) is 2.21. The maximum absolute atomic E-state index is 12.8. The minimum atomic E-state index is -0.889. The van der Waals surface area contributed by atoms with Crippen LogP contribution in [0.2, 0.25) is 0 Å². The zero-order valence-electron chi connectivity index (χ0n) is 13.3. The van der Waals surface area contributed by atoms with Gasteiger partial charge in [0.05, 0.1) is 6.10 Å². The van der Waals surface area contributed by atoms with Crippen molar-refractivity contribution in [2.75, 3.05) is 6.54 Å². The van der Waals surface area contributed by atoms with Crippen LogP contribution in [0.4, 0.5) is 4.39 Å². The van der Waals surface area contributed by atoms with E-state index in [-0.39, 0.29) is 18.9 Å². The van der Waals surface area contributed by atoms with Gasteiger partial charge >= 0.3 is 11.8 Å². The fraction of sp³-hybridized carbons (Fsp3) is 0.222. The Bertz CT molecular complexity index is 716. The summed E-state index contributed by atoms with van der Waals surface area (Å²) < 4.78 is 12.8. The Morgan fingerprint density at radius 2 is 1.67 bits per heavy atom. The summed E-state index contributed by atoms with van der Waals surface area (Å²) in [4.78, 5) is 23.5.